The number of likely N-dealkylation sites (N-methyl/N-ethyl adjacent to an activating group) is 1. The van der Waals surface area contributed by atoms with E-state index in [0.717, 1.165) is 37.5 Å². The van der Waals surface area contributed by atoms with Crippen LogP contribution in [0.15, 0.2) is 46.8 Å². The minimum absolute atomic E-state index is 0. The predicted octanol–water partition coefficient (Wildman–Crippen LogP) is 3.80. The van der Waals surface area contributed by atoms with Gasteiger partial charge in [0.1, 0.15) is 5.82 Å². The van der Waals surface area contributed by atoms with Gasteiger partial charge in [0, 0.05) is 32.1 Å². The molecule has 6 heteroatoms. The Bertz CT molecular complexity index is 602. The first-order chi connectivity index (χ1) is 10.7. The van der Waals surface area contributed by atoms with Crippen molar-refractivity contribution in [3.63, 3.8) is 0 Å². The number of hydrogen-bond acceptors (Lipinski definition) is 2. The number of nitrogens with zero attached hydrogens (tertiary/aromatic N) is 2. The van der Waals surface area contributed by atoms with Crippen molar-refractivity contribution < 1.29 is 4.39 Å². The zero-order chi connectivity index (χ0) is 15.8. The van der Waals surface area contributed by atoms with Gasteiger partial charge in [-0.3, -0.25) is 4.99 Å². The summed E-state index contributed by atoms with van der Waals surface area (Å²) in [6.45, 7) is 1.65. The van der Waals surface area contributed by atoms with Gasteiger partial charge in [0.05, 0.1) is 0 Å². The minimum atomic E-state index is -0.185. The maximum atomic E-state index is 13.1. The Morgan fingerprint density at radius 1 is 1.26 bits per heavy atom. The topological polar surface area (TPSA) is 27.6 Å². The molecule has 0 radical (unpaired) electrons. The first-order valence-corrected chi connectivity index (χ1v) is 8.25. The summed E-state index contributed by atoms with van der Waals surface area (Å²) in [7, 11) is 3.82. The molecule has 2 aromatic rings. The van der Waals surface area contributed by atoms with Crippen molar-refractivity contribution in [3.05, 3.63) is 58.0 Å². The maximum Gasteiger partial charge on any atom is 0.193 e. The van der Waals surface area contributed by atoms with Crippen molar-refractivity contribution >= 4 is 41.3 Å². The highest BCUT2D eigenvalue weighted by atomic mass is 127. The second-order valence-corrected chi connectivity index (χ2v) is 6.14. The second kappa shape index (κ2) is 10.6. The first-order valence-electron chi connectivity index (χ1n) is 7.37. The van der Waals surface area contributed by atoms with Crippen molar-refractivity contribution in [1.82, 2.24) is 10.2 Å². The summed E-state index contributed by atoms with van der Waals surface area (Å²) in [4.78, 5) is 7.79. The monoisotopic (exact) mass is 447 g/mol. The van der Waals surface area contributed by atoms with Crippen LogP contribution in [0.4, 0.5) is 4.39 Å². The number of rotatable bonds is 6. The normalized spacial score (nSPS) is 11.0. The van der Waals surface area contributed by atoms with Gasteiger partial charge in [-0.15, -0.1) is 35.3 Å². The number of halogens is 2. The molecule has 126 valence electrons. The average molecular weight is 447 g/mol. The summed E-state index contributed by atoms with van der Waals surface area (Å²) < 4.78 is 13.1. The molecular weight excluding hydrogens is 424 g/mol. The molecule has 1 aromatic heterocycles. The summed E-state index contributed by atoms with van der Waals surface area (Å²) >= 11 is 1.78. The van der Waals surface area contributed by atoms with Gasteiger partial charge in [-0.2, -0.15) is 0 Å². The van der Waals surface area contributed by atoms with Gasteiger partial charge in [-0.25, -0.2) is 4.39 Å². The van der Waals surface area contributed by atoms with Crippen molar-refractivity contribution in [1.29, 1.82) is 0 Å². The zero-order valence-electron chi connectivity index (χ0n) is 13.5. The van der Waals surface area contributed by atoms with Crippen LogP contribution in [0.1, 0.15) is 10.4 Å². The number of hydrogen-bond donors (Lipinski definition) is 1. The number of nitrogens with one attached hydrogen (secondary N) is 1. The molecule has 0 aliphatic carbocycles. The van der Waals surface area contributed by atoms with Crippen molar-refractivity contribution in [2.45, 2.75) is 12.8 Å². The molecule has 2 rings (SSSR count). The SMILES string of the molecule is CN=C(NCCc1cccc(F)c1)N(C)CCc1cccs1.I. The quantitative estimate of drug-likeness (QED) is 0.415. The lowest BCUT2D eigenvalue weighted by Gasteiger charge is -2.21. The maximum absolute atomic E-state index is 13.1. The molecule has 1 N–H and O–H groups in total. The van der Waals surface area contributed by atoms with Gasteiger partial charge in [-0.05, 0) is 42.0 Å². The van der Waals surface area contributed by atoms with Gasteiger partial charge < -0.3 is 10.2 Å². The fourth-order valence-corrected chi connectivity index (χ4v) is 2.93. The smallest absolute Gasteiger partial charge is 0.193 e. The molecule has 0 saturated heterocycles. The summed E-state index contributed by atoms with van der Waals surface area (Å²) in [6.07, 6.45) is 1.79. The van der Waals surface area contributed by atoms with Gasteiger partial charge in [0.2, 0.25) is 0 Å². The van der Waals surface area contributed by atoms with Crippen LogP contribution in [0.25, 0.3) is 0 Å². The summed E-state index contributed by atoms with van der Waals surface area (Å²) in [5.74, 6) is 0.683. The zero-order valence-corrected chi connectivity index (χ0v) is 16.6. The van der Waals surface area contributed by atoms with Crippen LogP contribution in [-0.4, -0.2) is 38.0 Å². The average Bonchev–Trinajstić information content (AvgIpc) is 3.03. The third-order valence-corrected chi connectivity index (χ3v) is 4.37. The second-order valence-electron chi connectivity index (χ2n) is 5.10. The van der Waals surface area contributed by atoms with Crippen LogP contribution >= 0.6 is 35.3 Å². The lowest BCUT2D eigenvalue weighted by Crippen LogP contribution is -2.40. The Morgan fingerprint density at radius 2 is 2.09 bits per heavy atom. The summed E-state index contributed by atoms with van der Waals surface area (Å²) in [6, 6.07) is 10.9. The largest absolute Gasteiger partial charge is 0.356 e. The number of guanidine groups is 1. The number of aliphatic imine (C=N–C) groups is 1. The third-order valence-electron chi connectivity index (χ3n) is 3.43. The summed E-state index contributed by atoms with van der Waals surface area (Å²) in [5.41, 5.74) is 0.990. The van der Waals surface area contributed by atoms with Crippen LogP contribution in [-0.2, 0) is 12.8 Å². The molecule has 0 amide bonds. The van der Waals surface area contributed by atoms with E-state index in [2.05, 4.69) is 32.7 Å². The molecule has 1 heterocycles. The Morgan fingerprint density at radius 3 is 2.74 bits per heavy atom. The lowest BCUT2D eigenvalue weighted by molar-refractivity contribution is 0.487. The molecule has 0 bridgehead atoms. The van der Waals surface area contributed by atoms with Crippen molar-refractivity contribution in [3.8, 4) is 0 Å². The van der Waals surface area contributed by atoms with Crippen LogP contribution in [0.3, 0.4) is 0 Å². The van der Waals surface area contributed by atoms with E-state index in [9.17, 15) is 4.39 Å². The number of thiophene rings is 1. The predicted molar refractivity (Wildman–Crippen MR) is 108 cm³/mol. The van der Waals surface area contributed by atoms with E-state index in [4.69, 9.17) is 0 Å². The lowest BCUT2D eigenvalue weighted by atomic mass is 10.1. The number of benzene rings is 1. The van der Waals surface area contributed by atoms with E-state index in [-0.39, 0.29) is 29.8 Å². The van der Waals surface area contributed by atoms with E-state index in [1.165, 1.54) is 10.9 Å². The molecule has 23 heavy (non-hydrogen) atoms. The van der Waals surface area contributed by atoms with Crippen LogP contribution in [0.5, 0.6) is 0 Å². The highest BCUT2D eigenvalue weighted by Crippen LogP contribution is 2.09. The molecule has 0 unspecified atom stereocenters. The van der Waals surface area contributed by atoms with E-state index >= 15 is 0 Å². The van der Waals surface area contributed by atoms with Gasteiger partial charge in [-0.1, -0.05) is 18.2 Å². The van der Waals surface area contributed by atoms with Crippen LogP contribution < -0.4 is 5.32 Å². The Balaban J connectivity index is 0.00000264. The molecule has 0 saturated carbocycles. The Kier molecular flexibility index (Phi) is 9.16. The highest BCUT2D eigenvalue weighted by molar-refractivity contribution is 14.0. The fraction of sp³-hybridized carbons (Fsp3) is 0.353. The standard InChI is InChI=1S/C17H22FN3S.HI/c1-19-17(21(2)11-9-16-7-4-12-22-16)20-10-8-14-5-3-6-15(18)13-14;/h3-7,12-13H,8-11H2,1-2H3,(H,19,20);1H. The first kappa shape index (κ1) is 19.9. The molecule has 1 aromatic carbocycles. The molecular formula is C17H23FIN3S. The van der Waals surface area contributed by atoms with E-state index in [0.29, 0.717) is 0 Å². The van der Waals surface area contributed by atoms with Crippen LogP contribution in [0, 0.1) is 5.82 Å². The Labute approximate surface area is 158 Å². The molecule has 0 atom stereocenters. The van der Waals surface area contributed by atoms with E-state index in [1.807, 2.05) is 13.1 Å². The van der Waals surface area contributed by atoms with E-state index in [1.54, 1.807) is 30.5 Å². The van der Waals surface area contributed by atoms with Crippen molar-refractivity contribution in [2.75, 3.05) is 27.2 Å². The van der Waals surface area contributed by atoms with Gasteiger partial charge in [0.15, 0.2) is 5.96 Å². The van der Waals surface area contributed by atoms with Crippen molar-refractivity contribution in [2.24, 2.45) is 4.99 Å². The van der Waals surface area contributed by atoms with E-state index < -0.39 is 0 Å². The van der Waals surface area contributed by atoms with Crippen LogP contribution in [0.2, 0.25) is 0 Å². The minimum Gasteiger partial charge on any atom is -0.356 e. The third kappa shape index (κ3) is 6.87. The Hall–Kier alpha value is -1.15. The molecule has 0 fully saturated rings. The summed E-state index contributed by atoms with van der Waals surface area (Å²) in [5, 5.41) is 5.42. The highest BCUT2D eigenvalue weighted by Gasteiger charge is 2.06. The molecule has 0 aliphatic heterocycles. The molecule has 3 nitrogen and oxygen atoms in total. The van der Waals surface area contributed by atoms with Gasteiger partial charge >= 0.3 is 0 Å². The molecule has 0 aliphatic rings. The fourth-order valence-electron chi connectivity index (χ4n) is 2.23. The van der Waals surface area contributed by atoms with Gasteiger partial charge in [0.25, 0.3) is 0 Å². The molecule has 0 spiro atoms.